The molecule has 3 N–H and O–H groups in total. The maximum atomic E-state index is 12.5. The van der Waals surface area contributed by atoms with Crippen LogP contribution in [0.3, 0.4) is 0 Å². The van der Waals surface area contributed by atoms with Gasteiger partial charge in [0.25, 0.3) is 0 Å². The van der Waals surface area contributed by atoms with Gasteiger partial charge in [-0.2, -0.15) is 5.10 Å². The second-order valence-electron chi connectivity index (χ2n) is 11.5. The van der Waals surface area contributed by atoms with Gasteiger partial charge in [-0.05, 0) is 42.8 Å². The molecule has 6 rings (SSSR count). The van der Waals surface area contributed by atoms with Gasteiger partial charge in [-0.3, -0.25) is 14.9 Å². The maximum absolute atomic E-state index is 12.5. The van der Waals surface area contributed by atoms with Crippen molar-refractivity contribution in [3.63, 3.8) is 0 Å². The number of rotatable bonds is 5. The lowest BCUT2D eigenvalue weighted by Gasteiger charge is -2.34. The zero-order valence-electron chi connectivity index (χ0n) is 22.7. The highest BCUT2D eigenvalue weighted by atomic mass is 16.1. The number of anilines is 2. The number of aromatic nitrogens is 6. The van der Waals surface area contributed by atoms with Crippen molar-refractivity contribution >= 4 is 39.3 Å². The van der Waals surface area contributed by atoms with Crippen molar-refractivity contribution < 1.29 is 4.79 Å². The Labute approximate surface area is 226 Å². The van der Waals surface area contributed by atoms with Gasteiger partial charge >= 0.3 is 0 Å². The molecule has 0 saturated carbocycles. The average molecular weight is 524 g/mol. The Hall–Kier alpha value is -4.31. The molecule has 1 fully saturated rings. The number of fused-ring (bicyclic) bond motifs is 2. The van der Waals surface area contributed by atoms with Crippen molar-refractivity contribution in [1.82, 2.24) is 35.0 Å². The molecule has 0 atom stereocenters. The molecule has 5 aromatic rings. The number of nitrogens with zero attached hydrogens (tertiary/aromatic N) is 6. The molecule has 0 aromatic carbocycles. The summed E-state index contributed by atoms with van der Waals surface area (Å²) in [5.41, 5.74) is 7.30. The minimum Gasteiger partial charge on any atom is -0.368 e. The average Bonchev–Trinajstić information content (AvgIpc) is 3.52. The lowest BCUT2D eigenvalue weighted by molar-refractivity contribution is -0.117. The van der Waals surface area contributed by atoms with Crippen LogP contribution < -0.4 is 10.2 Å². The van der Waals surface area contributed by atoms with Crippen LogP contribution in [0.1, 0.15) is 27.2 Å². The first-order chi connectivity index (χ1) is 18.7. The molecule has 0 aliphatic carbocycles. The Balaban J connectivity index is 1.32. The molecule has 1 aliphatic heterocycles. The largest absolute Gasteiger partial charge is 0.368 e. The van der Waals surface area contributed by atoms with E-state index in [1.165, 1.54) is 5.69 Å². The van der Waals surface area contributed by atoms with Gasteiger partial charge < -0.3 is 20.1 Å². The predicted molar refractivity (Wildman–Crippen MR) is 155 cm³/mol. The summed E-state index contributed by atoms with van der Waals surface area (Å²) in [5.74, 6) is -0.0367. The van der Waals surface area contributed by atoms with Gasteiger partial charge in [0, 0.05) is 61.6 Å². The van der Waals surface area contributed by atoms with E-state index in [1.807, 2.05) is 45.2 Å². The molecule has 6 heterocycles. The van der Waals surface area contributed by atoms with Gasteiger partial charge in [-0.1, -0.05) is 20.8 Å². The Morgan fingerprint density at radius 3 is 2.69 bits per heavy atom. The maximum Gasteiger partial charge on any atom is 0.224 e. The van der Waals surface area contributed by atoms with Crippen molar-refractivity contribution in [2.24, 2.45) is 5.41 Å². The molecular formula is C29H33N9O. The first kappa shape index (κ1) is 25.0. The summed E-state index contributed by atoms with van der Waals surface area (Å²) < 4.78 is 0. The molecule has 1 saturated heterocycles. The van der Waals surface area contributed by atoms with Crippen molar-refractivity contribution in [3.8, 4) is 22.6 Å². The fourth-order valence-electron chi connectivity index (χ4n) is 5.05. The van der Waals surface area contributed by atoms with Gasteiger partial charge in [0.15, 0.2) is 0 Å². The lowest BCUT2D eigenvalue weighted by Crippen LogP contribution is -2.44. The zero-order valence-corrected chi connectivity index (χ0v) is 22.7. The summed E-state index contributed by atoms with van der Waals surface area (Å²) in [7, 11) is 2.16. The van der Waals surface area contributed by atoms with Crippen molar-refractivity contribution in [1.29, 1.82) is 0 Å². The quantitative estimate of drug-likeness (QED) is 0.306. The third kappa shape index (κ3) is 5.20. The van der Waals surface area contributed by atoms with Crippen LogP contribution in [-0.2, 0) is 4.79 Å². The third-order valence-electron chi connectivity index (χ3n) is 7.02. The predicted octanol–water partition coefficient (Wildman–Crippen LogP) is 4.69. The summed E-state index contributed by atoms with van der Waals surface area (Å²) in [4.78, 5) is 34.6. The normalized spacial score (nSPS) is 14.8. The van der Waals surface area contributed by atoms with E-state index in [4.69, 9.17) is 4.98 Å². The van der Waals surface area contributed by atoms with E-state index in [2.05, 4.69) is 59.4 Å². The first-order valence-corrected chi connectivity index (χ1v) is 13.3. The fraction of sp³-hybridized carbons (Fsp3) is 0.345. The van der Waals surface area contributed by atoms with Crippen LogP contribution >= 0.6 is 0 Å². The van der Waals surface area contributed by atoms with Crippen LogP contribution in [0.25, 0.3) is 44.7 Å². The number of likely N-dealkylation sites (N-methyl/N-ethyl adjacent to an activating group) is 1. The van der Waals surface area contributed by atoms with Gasteiger partial charge in [0.1, 0.15) is 16.9 Å². The number of amides is 1. The summed E-state index contributed by atoms with van der Waals surface area (Å²) in [6.45, 7) is 10.2. The second-order valence-corrected chi connectivity index (χ2v) is 11.5. The first-order valence-electron chi connectivity index (χ1n) is 13.3. The molecule has 39 heavy (non-hydrogen) atoms. The molecule has 10 nitrogen and oxygen atoms in total. The van der Waals surface area contributed by atoms with Crippen LogP contribution in [0.4, 0.5) is 11.4 Å². The molecule has 10 heteroatoms. The Morgan fingerprint density at radius 2 is 1.90 bits per heavy atom. The summed E-state index contributed by atoms with van der Waals surface area (Å²) in [6, 6.07) is 10.0. The van der Waals surface area contributed by atoms with Crippen LogP contribution in [0.2, 0.25) is 0 Å². The SMILES string of the molecule is CN1CCN(c2ccnc3[nH]c(-c4n[nH]c5ccc(-c6cncc(NC(=O)CC(C)(C)C)c6)nc45)cc23)CC1. The van der Waals surface area contributed by atoms with Crippen LogP contribution in [0.5, 0.6) is 0 Å². The van der Waals surface area contributed by atoms with Crippen LogP contribution in [-0.4, -0.2) is 74.2 Å². The molecule has 0 radical (unpaired) electrons. The summed E-state index contributed by atoms with van der Waals surface area (Å²) >= 11 is 0. The molecule has 0 spiro atoms. The van der Waals surface area contributed by atoms with E-state index in [-0.39, 0.29) is 11.3 Å². The molecular weight excluding hydrogens is 490 g/mol. The zero-order chi connectivity index (χ0) is 27.1. The van der Waals surface area contributed by atoms with Crippen molar-refractivity contribution in [2.75, 3.05) is 43.4 Å². The number of pyridine rings is 3. The van der Waals surface area contributed by atoms with E-state index in [1.54, 1.807) is 12.4 Å². The minimum absolute atomic E-state index is 0.0367. The standard InChI is InChI=1S/C29H33N9O/c1-29(2,3)15-25(39)32-19-13-18(16-30-17-19)21-5-6-22-26(33-21)27(36-35-22)23-14-20-24(7-8-31-28(20)34-23)38-11-9-37(4)10-12-38/h5-8,13-14,16-17H,9-12,15H2,1-4H3,(H,31,34)(H,32,39)(H,35,36). The Kier molecular flexibility index (Phi) is 6.26. The van der Waals surface area contributed by atoms with E-state index in [0.29, 0.717) is 12.1 Å². The molecule has 1 aliphatic rings. The monoisotopic (exact) mass is 523 g/mol. The topological polar surface area (TPSA) is 119 Å². The smallest absolute Gasteiger partial charge is 0.224 e. The second kappa shape index (κ2) is 9.77. The van der Waals surface area contributed by atoms with Gasteiger partial charge in [0.05, 0.1) is 28.8 Å². The molecule has 0 unspecified atom stereocenters. The number of aromatic amines is 2. The number of hydrogen-bond acceptors (Lipinski definition) is 7. The molecule has 0 bridgehead atoms. The van der Waals surface area contributed by atoms with Crippen LogP contribution in [0, 0.1) is 5.41 Å². The number of nitrogens with one attached hydrogen (secondary N) is 3. The van der Waals surface area contributed by atoms with E-state index < -0.39 is 0 Å². The number of hydrogen-bond donors (Lipinski definition) is 3. The van der Waals surface area contributed by atoms with Gasteiger partial charge in [-0.15, -0.1) is 0 Å². The number of piperazine rings is 1. The summed E-state index contributed by atoms with van der Waals surface area (Å²) in [6.07, 6.45) is 5.69. The molecule has 5 aromatic heterocycles. The Bertz CT molecular complexity index is 1650. The highest BCUT2D eigenvalue weighted by Gasteiger charge is 2.20. The number of H-pyrrole nitrogens is 2. The van der Waals surface area contributed by atoms with E-state index in [9.17, 15) is 4.79 Å². The number of carbonyl (C=O) groups is 1. The minimum atomic E-state index is -0.0945. The van der Waals surface area contributed by atoms with Gasteiger partial charge in [0.2, 0.25) is 5.91 Å². The Morgan fingerprint density at radius 1 is 1.08 bits per heavy atom. The van der Waals surface area contributed by atoms with Crippen molar-refractivity contribution in [3.05, 3.63) is 48.9 Å². The van der Waals surface area contributed by atoms with Gasteiger partial charge in [-0.25, -0.2) is 9.97 Å². The number of carbonyl (C=O) groups excluding carboxylic acids is 1. The highest BCUT2D eigenvalue weighted by molar-refractivity contribution is 5.98. The summed E-state index contributed by atoms with van der Waals surface area (Å²) in [5, 5.41) is 11.7. The van der Waals surface area contributed by atoms with Crippen LogP contribution in [0.15, 0.2) is 48.9 Å². The highest BCUT2D eigenvalue weighted by Crippen LogP contribution is 2.33. The van der Waals surface area contributed by atoms with E-state index in [0.717, 1.165) is 70.9 Å². The molecule has 200 valence electrons. The molecule has 1 amide bonds. The van der Waals surface area contributed by atoms with E-state index >= 15 is 0 Å². The van der Waals surface area contributed by atoms with Crippen molar-refractivity contribution in [2.45, 2.75) is 27.2 Å². The third-order valence-corrected chi connectivity index (χ3v) is 7.02. The fourth-order valence-corrected chi connectivity index (χ4v) is 5.05. The lowest BCUT2D eigenvalue weighted by atomic mass is 9.92.